The van der Waals surface area contributed by atoms with Gasteiger partial charge in [0.2, 0.25) is 0 Å². The molecule has 0 aliphatic carbocycles. The Morgan fingerprint density at radius 2 is 2.04 bits per heavy atom. The van der Waals surface area contributed by atoms with E-state index < -0.39 is 6.09 Å². The van der Waals surface area contributed by atoms with Crippen LogP contribution in [0.3, 0.4) is 0 Å². The molecule has 9 heteroatoms. The monoisotopic (exact) mass is 401 g/mol. The van der Waals surface area contributed by atoms with Gasteiger partial charge in [0, 0.05) is 60.8 Å². The summed E-state index contributed by atoms with van der Waals surface area (Å²) in [6.07, 6.45) is 6.23. The van der Waals surface area contributed by atoms with Gasteiger partial charge in [0.1, 0.15) is 6.10 Å². The number of thiophene rings is 1. The summed E-state index contributed by atoms with van der Waals surface area (Å²) in [6, 6.07) is 1.99. The highest BCUT2D eigenvalue weighted by Crippen LogP contribution is 2.24. The third-order valence-corrected chi connectivity index (χ3v) is 5.89. The molecule has 140 valence electrons. The van der Waals surface area contributed by atoms with Crippen molar-refractivity contribution < 1.29 is 9.53 Å². The highest BCUT2D eigenvalue weighted by atomic mass is 32.1. The van der Waals surface area contributed by atoms with E-state index in [9.17, 15) is 4.79 Å². The molecule has 1 fully saturated rings. The smallest absolute Gasteiger partial charge is 0.407 e. The first-order valence-electron chi connectivity index (χ1n) is 8.71. The van der Waals surface area contributed by atoms with E-state index in [0.29, 0.717) is 0 Å². The minimum absolute atomic E-state index is 0.0700. The first kappa shape index (κ1) is 17.9. The van der Waals surface area contributed by atoms with Crippen LogP contribution in [0, 0.1) is 0 Å². The average molecular weight is 402 g/mol. The van der Waals surface area contributed by atoms with Gasteiger partial charge in [-0.2, -0.15) is 11.3 Å². The molecule has 3 aromatic rings. The van der Waals surface area contributed by atoms with Crippen LogP contribution in [0.4, 0.5) is 9.93 Å². The Kier molecular flexibility index (Phi) is 5.59. The number of ether oxygens (including phenoxy) is 1. The number of carbonyl (C=O) groups is 1. The molecule has 7 nitrogen and oxygen atoms in total. The van der Waals surface area contributed by atoms with Crippen molar-refractivity contribution in [2.45, 2.75) is 25.5 Å². The van der Waals surface area contributed by atoms with E-state index in [1.807, 2.05) is 28.4 Å². The third-order valence-electron chi connectivity index (χ3n) is 4.37. The van der Waals surface area contributed by atoms with Gasteiger partial charge in [0.15, 0.2) is 5.13 Å². The summed E-state index contributed by atoms with van der Waals surface area (Å²) < 4.78 is 5.57. The maximum absolute atomic E-state index is 12.2. The van der Waals surface area contributed by atoms with Crippen LogP contribution in [0.1, 0.15) is 18.5 Å². The Bertz CT molecular complexity index is 862. The molecule has 1 amide bonds. The van der Waals surface area contributed by atoms with Crippen LogP contribution in [-0.2, 0) is 11.3 Å². The van der Waals surface area contributed by atoms with Crippen LogP contribution in [0.15, 0.2) is 40.8 Å². The van der Waals surface area contributed by atoms with Gasteiger partial charge in [-0.3, -0.25) is 9.97 Å². The zero-order chi connectivity index (χ0) is 18.5. The van der Waals surface area contributed by atoms with Crippen molar-refractivity contribution in [1.82, 2.24) is 20.3 Å². The van der Waals surface area contributed by atoms with Gasteiger partial charge < -0.3 is 15.0 Å². The zero-order valence-corrected chi connectivity index (χ0v) is 16.2. The molecule has 4 rings (SSSR count). The molecule has 27 heavy (non-hydrogen) atoms. The van der Waals surface area contributed by atoms with Gasteiger partial charge in [-0.1, -0.05) is 0 Å². The number of nitrogens with one attached hydrogen (secondary N) is 1. The lowest BCUT2D eigenvalue weighted by Gasteiger charge is -2.31. The Hall–Kier alpha value is -2.52. The minimum Gasteiger partial charge on any atom is -0.446 e. The Morgan fingerprint density at radius 3 is 2.78 bits per heavy atom. The number of piperidine rings is 1. The zero-order valence-electron chi connectivity index (χ0n) is 14.6. The van der Waals surface area contributed by atoms with Crippen LogP contribution in [-0.4, -0.2) is 40.2 Å². The number of nitrogens with zero attached hydrogens (tertiary/aromatic N) is 4. The molecular weight excluding hydrogens is 382 g/mol. The standard InChI is InChI=1S/C18H19N5O2S2/c24-18(25-14-1-7-23(8-2-14)17-21-6-10-27-17)22-11-15-16(20-5-4-19-15)13-3-9-26-12-13/h3-6,9-10,12,14H,1-2,7-8,11H2,(H,22,24). The first-order chi connectivity index (χ1) is 13.3. The van der Waals surface area contributed by atoms with Gasteiger partial charge in [0.05, 0.1) is 17.9 Å². The molecule has 0 bridgehead atoms. The number of alkyl carbamates (subject to hydrolysis) is 1. The highest BCUT2D eigenvalue weighted by molar-refractivity contribution is 7.13. The van der Waals surface area contributed by atoms with Gasteiger partial charge in [0.25, 0.3) is 0 Å². The quantitative estimate of drug-likeness (QED) is 0.704. The summed E-state index contributed by atoms with van der Waals surface area (Å²) >= 11 is 3.24. The summed E-state index contributed by atoms with van der Waals surface area (Å²) in [4.78, 5) is 27.5. The lowest BCUT2D eigenvalue weighted by molar-refractivity contribution is 0.0828. The average Bonchev–Trinajstić information content (AvgIpc) is 3.41. The number of hydrogen-bond donors (Lipinski definition) is 1. The third kappa shape index (κ3) is 4.42. The molecule has 1 aliphatic rings. The molecule has 0 spiro atoms. The highest BCUT2D eigenvalue weighted by Gasteiger charge is 2.23. The maximum Gasteiger partial charge on any atom is 0.407 e. The topological polar surface area (TPSA) is 80.2 Å². The number of carbonyl (C=O) groups excluding carboxylic acids is 1. The van der Waals surface area contributed by atoms with Gasteiger partial charge in [-0.15, -0.1) is 11.3 Å². The molecule has 0 aromatic carbocycles. The summed E-state index contributed by atoms with van der Waals surface area (Å²) in [7, 11) is 0. The largest absolute Gasteiger partial charge is 0.446 e. The van der Waals surface area contributed by atoms with Crippen molar-refractivity contribution in [3.63, 3.8) is 0 Å². The molecular formula is C18H19N5O2S2. The predicted octanol–water partition coefficient (Wildman–Crippen LogP) is 3.56. The number of rotatable bonds is 5. The van der Waals surface area contributed by atoms with Crippen molar-refractivity contribution in [3.8, 4) is 11.3 Å². The van der Waals surface area contributed by atoms with Crippen LogP contribution in [0.25, 0.3) is 11.3 Å². The second-order valence-corrected chi connectivity index (χ2v) is 7.78. The second-order valence-electron chi connectivity index (χ2n) is 6.12. The number of anilines is 1. The molecule has 0 unspecified atom stereocenters. The molecule has 0 saturated carbocycles. The second kappa shape index (κ2) is 8.45. The first-order valence-corrected chi connectivity index (χ1v) is 10.5. The number of thiazole rings is 1. The fourth-order valence-corrected chi connectivity index (χ4v) is 4.36. The van der Waals surface area contributed by atoms with Crippen LogP contribution in [0.5, 0.6) is 0 Å². The summed E-state index contributed by atoms with van der Waals surface area (Å²) in [6.45, 7) is 1.98. The van der Waals surface area contributed by atoms with E-state index in [-0.39, 0.29) is 12.6 Å². The Labute approximate surface area is 165 Å². The number of amides is 1. The van der Waals surface area contributed by atoms with Crippen molar-refractivity contribution >= 4 is 33.9 Å². The van der Waals surface area contributed by atoms with E-state index in [1.54, 1.807) is 35.1 Å². The molecule has 0 radical (unpaired) electrons. The minimum atomic E-state index is -0.412. The fourth-order valence-electron chi connectivity index (χ4n) is 3.02. The summed E-state index contributed by atoms with van der Waals surface area (Å²) in [5.74, 6) is 0. The van der Waals surface area contributed by atoms with Crippen molar-refractivity contribution in [1.29, 1.82) is 0 Å². The Morgan fingerprint density at radius 1 is 1.19 bits per heavy atom. The van der Waals surface area contributed by atoms with Crippen molar-refractivity contribution in [2.75, 3.05) is 18.0 Å². The van der Waals surface area contributed by atoms with E-state index in [4.69, 9.17) is 4.74 Å². The molecule has 4 heterocycles. The van der Waals surface area contributed by atoms with Crippen LogP contribution < -0.4 is 10.2 Å². The summed E-state index contributed by atoms with van der Waals surface area (Å²) in [5, 5.41) is 9.82. The predicted molar refractivity (Wildman–Crippen MR) is 106 cm³/mol. The molecule has 1 N–H and O–H groups in total. The van der Waals surface area contributed by atoms with Crippen molar-refractivity contribution in [3.05, 3.63) is 46.5 Å². The van der Waals surface area contributed by atoms with E-state index in [0.717, 1.165) is 48.0 Å². The molecule has 0 atom stereocenters. The lowest BCUT2D eigenvalue weighted by Crippen LogP contribution is -2.39. The molecule has 3 aromatic heterocycles. The van der Waals surface area contributed by atoms with Crippen LogP contribution >= 0.6 is 22.7 Å². The number of aromatic nitrogens is 3. The SMILES string of the molecule is O=C(NCc1nccnc1-c1ccsc1)OC1CCN(c2nccs2)CC1. The van der Waals surface area contributed by atoms with Crippen molar-refractivity contribution in [2.24, 2.45) is 0 Å². The molecule has 1 aliphatic heterocycles. The molecule has 1 saturated heterocycles. The normalized spacial score (nSPS) is 14.9. The lowest BCUT2D eigenvalue weighted by atomic mass is 10.1. The van der Waals surface area contributed by atoms with Crippen LogP contribution in [0.2, 0.25) is 0 Å². The summed E-state index contributed by atoms with van der Waals surface area (Å²) in [5.41, 5.74) is 2.52. The van der Waals surface area contributed by atoms with E-state index >= 15 is 0 Å². The van der Waals surface area contributed by atoms with E-state index in [2.05, 4.69) is 25.2 Å². The fraction of sp³-hybridized carbons (Fsp3) is 0.333. The van der Waals surface area contributed by atoms with Gasteiger partial charge >= 0.3 is 6.09 Å². The maximum atomic E-state index is 12.2. The Balaban J connectivity index is 1.27. The number of hydrogen-bond acceptors (Lipinski definition) is 8. The van der Waals surface area contributed by atoms with E-state index in [1.165, 1.54) is 0 Å². The van der Waals surface area contributed by atoms with Gasteiger partial charge in [-0.25, -0.2) is 9.78 Å². The van der Waals surface area contributed by atoms with Gasteiger partial charge in [-0.05, 0) is 11.4 Å².